The molecule has 0 radical (unpaired) electrons. The second-order valence-electron chi connectivity index (χ2n) is 6.96. The summed E-state index contributed by atoms with van der Waals surface area (Å²) < 4.78 is 16.7. The number of piperidine rings is 1. The molecule has 8 nitrogen and oxygen atoms in total. The van der Waals surface area contributed by atoms with Gasteiger partial charge in [-0.2, -0.15) is 4.98 Å². The zero-order valence-corrected chi connectivity index (χ0v) is 15.5. The SMILES string of the molecule is Clc1ccc2onc(N3CCC(c4nc(C5CNCCO5)no4)CC3)c2c1. The van der Waals surface area contributed by atoms with Crippen LogP contribution in [0.5, 0.6) is 0 Å². The lowest BCUT2D eigenvalue weighted by Gasteiger charge is -2.30. The second-order valence-corrected chi connectivity index (χ2v) is 7.40. The van der Waals surface area contributed by atoms with Crippen molar-refractivity contribution in [3.8, 4) is 0 Å². The fraction of sp³-hybridized carbons (Fsp3) is 0.500. The van der Waals surface area contributed by atoms with Crippen LogP contribution in [0.2, 0.25) is 5.02 Å². The molecule has 2 aliphatic rings. The fourth-order valence-corrected chi connectivity index (χ4v) is 3.91. The van der Waals surface area contributed by atoms with Gasteiger partial charge in [-0.3, -0.25) is 0 Å². The Morgan fingerprint density at radius 2 is 2.04 bits per heavy atom. The summed E-state index contributed by atoms with van der Waals surface area (Å²) in [6, 6.07) is 5.56. The molecule has 1 unspecified atom stereocenters. The standard InChI is InChI=1S/C18H20ClN5O3/c19-12-1-2-14-13(9-12)17(23-26-14)24-6-3-11(4-7-24)18-21-16(22-27-18)15-10-20-5-8-25-15/h1-2,9,11,15,20H,3-8,10H2. The molecule has 3 aromatic rings. The second kappa shape index (κ2) is 7.10. The van der Waals surface area contributed by atoms with Crippen LogP contribution in [-0.2, 0) is 4.74 Å². The van der Waals surface area contributed by atoms with Crippen molar-refractivity contribution in [3.63, 3.8) is 0 Å². The van der Waals surface area contributed by atoms with Crippen molar-refractivity contribution >= 4 is 28.4 Å². The number of hydrogen-bond acceptors (Lipinski definition) is 8. The van der Waals surface area contributed by atoms with Crippen LogP contribution in [0.4, 0.5) is 5.82 Å². The summed E-state index contributed by atoms with van der Waals surface area (Å²) in [4.78, 5) is 6.82. The molecule has 2 aromatic heterocycles. The minimum Gasteiger partial charge on any atom is -0.367 e. The molecule has 9 heteroatoms. The van der Waals surface area contributed by atoms with Crippen molar-refractivity contribution in [2.45, 2.75) is 24.9 Å². The fourth-order valence-electron chi connectivity index (χ4n) is 3.74. The molecular weight excluding hydrogens is 370 g/mol. The number of benzene rings is 1. The maximum absolute atomic E-state index is 6.13. The Bertz CT molecular complexity index is 928. The monoisotopic (exact) mass is 389 g/mol. The molecule has 2 fully saturated rings. The average Bonchev–Trinajstić information content (AvgIpc) is 3.36. The molecule has 0 spiro atoms. The third-order valence-corrected chi connectivity index (χ3v) is 5.46. The zero-order chi connectivity index (χ0) is 18.2. The van der Waals surface area contributed by atoms with Gasteiger partial charge in [0.15, 0.2) is 11.4 Å². The molecule has 1 N–H and O–H groups in total. The summed E-state index contributed by atoms with van der Waals surface area (Å²) >= 11 is 6.13. The Morgan fingerprint density at radius 1 is 1.15 bits per heavy atom. The van der Waals surface area contributed by atoms with Crippen LogP contribution in [0, 0.1) is 0 Å². The van der Waals surface area contributed by atoms with E-state index in [0.29, 0.717) is 23.3 Å². The zero-order valence-electron chi connectivity index (χ0n) is 14.7. The van der Waals surface area contributed by atoms with E-state index in [4.69, 9.17) is 25.4 Å². The van der Waals surface area contributed by atoms with Crippen molar-refractivity contribution in [3.05, 3.63) is 34.9 Å². The van der Waals surface area contributed by atoms with E-state index in [0.717, 1.165) is 55.8 Å². The number of halogens is 1. The molecule has 5 rings (SSSR count). The van der Waals surface area contributed by atoms with Gasteiger partial charge >= 0.3 is 0 Å². The number of fused-ring (bicyclic) bond motifs is 1. The third kappa shape index (κ3) is 3.28. The van der Waals surface area contributed by atoms with Crippen LogP contribution in [0.15, 0.2) is 27.2 Å². The molecule has 2 saturated heterocycles. The first-order chi connectivity index (χ1) is 13.3. The van der Waals surface area contributed by atoms with E-state index in [1.807, 2.05) is 18.2 Å². The molecule has 0 saturated carbocycles. The highest BCUT2D eigenvalue weighted by atomic mass is 35.5. The first-order valence-electron chi connectivity index (χ1n) is 9.23. The molecule has 0 aliphatic carbocycles. The molecule has 4 heterocycles. The van der Waals surface area contributed by atoms with Gasteiger partial charge in [0.05, 0.1) is 12.0 Å². The first kappa shape index (κ1) is 17.0. The van der Waals surface area contributed by atoms with E-state index >= 15 is 0 Å². The molecule has 27 heavy (non-hydrogen) atoms. The Labute approximate surface area is 160 Å². The summed E-state index contributed by atoms with van der Waals surface area (Å²) in [5.74, 6) is 2.43. The number of ether oxygens (including phenoxy) is 1. The van der Waals surface area contributed by atoms with Crippen molar-refractivity contribution in [1.82, 2.24) is 20.6 Å². The highest BCUT2D eigenvalue weighted by Crippen LogP contribution is 2.34. The lowest BCUT2D eigenvalue weighted by Crippen LogP contribution is -2.34. The van der Waals surface area contributed by atoms with Crippen molar-refractivity contribution in [1.29, 1.82) is 0 Å². The van der Waals surface area contributed by atoms with Gasteiger partial charge < -0.3 is 24.0 Å². The smallest absolute Gasteiger partial charge is 0.229 e. The molecule has 1 atom stereocenters. The lowest BCUT2D eigenvalue weighted by atomic mass is 9.96. The van der Waals surface area contributed by atoms with Crippen molar-refractivity contribution < 1.29 is 13.8 Å². The molecule has 1 aromatic carbocycles. The number of nitrogens with one attached hydrogen (secondary N) is 1. The van der Waals surface area contributed by atoms with Gasteiger partial charge in [-0.25, -0.2) is 0 Å². The summed E-state index contributed by atoms with van der Waals surface area (Å²) in [6.07, 6.45) is 1.71. The number of rotatable bonds is 3. The van der Waals surface area contributed by atoms with Gasteiger partial charge in [0.1, 0.15) is 6.10 Å². The van der Waals surface area contributed by atoms with E-state index in [2.05, 4.69) is 25.5 Å². The predicted octanol–water partition coefficient (Wildman–Crippen LogP) is 2.91. The largest absolute Gasteiger partial charge is 0.367 e. The van der Waals surface area contributed by atoms with E-state index in [9.17, 15) is 0 Å². The summed E-state index contributed by atoms with van der Waals surface area (Å²) in [6.45, 7) is 3.94. The predicted molar refractivity (Wildman–Crippen MR) is 99.1 cm³/mol. The molecule has 142 valence electrons. The topological polar surface area (TPSA) is 89.5 Å². The summed E-state index contributed by atoms with van der Waals surface area (Å²) in [7, 11) is 0. The van der Waals surface area contributed by atoms with Gasteiger partial charge in [0.25, 0.3) is 0 Å². The number of nitrogens with zero attached hydrogens (tertiary/aromatic N) is 4. The number of anilines is 1. The number of hydrogen-bond donors (Lipinski definition) is 1. The Morgan fingerprint density at radius 3 is 2.85 bits per heavy atom. The van der Waals surface area contributed by atoms with Gasteiger partial charge in [0.2, 0.25) is 11.7 Å². The lowest BCUT2D eigenvalue weighted by molar-refractivity contribution is 0.0208. The minimum absolute atomic E-state index is 0.123. The highest BCUT2D eigenvalue weighted by molar-refractivity contribution is 6.31. The number of morpholine rings is 1. The van der Waals surface area contributed by atoms with Crippen LogP contribution in [0.3, 0.4) is 0 Å². The van der Waals surface area contributed by atoms with Crippen LogP contribution in [0.25, 0.3) is 11.0 Å². The third-order valence-electron chi connectivity index (χ3n) is 5.23. The minimum atomic E-state index is -0.123. The average molecular weight is 390 g/mol. The van der Waals surface area contributed by atoms with Crippen LogP contribution in [-0.4, -0.2) is 48.1 Å². The van der Waals surface area contributed by atoms with Gasteiger partial charge in [-0.1, -0.05) is 21.9 Å². The van der Waals surface area contributed by atoms with Gasteiger partial charge in [-0.05, 0) is 31.0 Å². The van der Waals surface area contributed by atoms with Crippen LogP contribution in [0.1, 0.15) is 36.6 Å². The van der Waals surface area contributed by atoms with Crippen LogP contribution >= 0.6 is 11.6 Å². The molecule has 2 aliphatic heterocycles. The van der Waals surface area contributed by atoms with E-state index in [1.165, 1.54) is 0 Å². The molecular formula is C18H20ClN5O3. The Hall–Kier alpha value is -2.16. The summed E-state index contributed by atoms with van der Waals surface area (Å²) in [5, 5.41) is 13.3. The van der Waals surface area contributed by atoms with Gasteiger partial charge in [0, 0.05) is 37.1 Å². The van der Waals surface area contributed by atoms with Crippen LogP contribution < -0.4 is 10.2 Å². The molecule has 0 amide bonds. The van der Waals surface area contributed by atoms with E-state index in [-0.39, 0.29) is 12.0 Å². The normalized spacial score (nSPS) is 21.8. The van der Waals surface area contributed by atoms with Crippen molar-refractivity contribution in [2.75, 3.05) is 37.7 Å². The summed E-state index contributed by atoms with van der Waals surface area (Å²) in [5.41, 5.74) is 0.749. The molecule has 0 bridgehead atoms. The van der Waals surface area contributed by atoms with Gasteiger partial charge in [-0.15, -0.1) is 0 Å². The Balaban J connectivity index is 1.27. The van der Waals surface area contributed by atoms with E-state index in [1.54, 1.807) is 0 Å². The first-order valence-corrected chi connectivity index (χ1v) is 9.61. The highest BCUT2D eigenvalue weighted by Gasteiger charge is 2.29. The quantitative estimate of drug-likeness (QED) is 0.731. The van der Waals surface area contributed by atoms with E-state index < -0.39 is 0 Å². The van der Waals surface area contributed by atoms with Crippen molar-refractivity contribution in [2.24, 2.45) is 0 Å². The Kier molecular flexibility index (Phi) is 4.47. The maximum Gasteiger partial charge on any atom is 0.229 e. The maximum atomic E-state index is 6.13. The number of aromatic nitrogens is 3.